The predicted molar refractivity (Wildman–Crippen MR) is 40.9 cm³/mol. The Labute approximate surface area is 77.9 Å². The van der Waals surface area contributed by atoms with E-state index in [4.69, 9.17) is 11.0 Å². The molecule has 1 aromatic heterocycles. The zero-order valence-corrected chi connectivity index (χ0v) is 7.01. The molecule has 0 spiro atoms. The SMILES string of the molecule is N#CC[C@H](N)c1ccc(C(F)(F)F)o1. The molecule has 0 saturated carbocycles. The number of halogens is 3. The van der Waals surface area contributed by atoms with Gasteiger partial charge in [0, 0.05) is 0 Å². The van der Waals surface area contributed by atoms with Gasteiger partial charge in [0.15, 0.2) is 0 Å². The molecule has 0 amide bonds. The third-order valence-electron chi connectivity index (χ3n) is 1.58. The first-order chi connectivity index (χ1) is 6.45. The molecule has 0 saturated heterocycles. The summed E-state index contributed by atoms with van der Waals surface area (Å²) in [7, 11) is 0. The first-order valence-electron chi connectivity index (χ1n) is 3.74. The molecule has 0 aliphatic rings. The highest BCUT2D eigenvalue weighted by Crippen LogP contribution is 2.32. The van der Waals surface area contributed by atoms with Crippen LogP contribution in [0.25, 0.3) is 0 Å². The molecule has 0 bridgehead atoms. The molecule has 3 nitrogen and oxygen atoms in total. The van der Waals surface area contributed by atoms with Gasteiger partial charge < -0.3 is 10.2 Å². The number of alkyl halides is 3. The van der Waals surface area contributed by atoms with Gasteiger partial charge in [-0.2, -0.15) is 18.4 Å². The number of nitriles is 1. The quantitative estimate of drug-likeness (QED) is 0.803. The third kappa shape index (κ3) is 2.26. The zero-order chi connectivity index (χ0) is 10.8. The second kappa shape index (κ2) is 3.72. The molecular weight excluding hydrogens is 197 g/mol. The van der Waals surface area contributed by atoms with Crippen LogP contribution in [0.5, 0.6) is 0 Å². The Hall–Kier alpha value is -1.48. The Kier molecular flexibility index (Phi) is 2.81. The predicted octanol–water partition coefficient (Wildman–Crippen LogP) is 2.21. The zero-order valence-electron chi connectivity index (χ0n) is 7.01. The van der Waals surface area contributed by atoms with Crippen molar-refractivity contribution in [1.29, 1.82) is 5.26 Å². The maximum atomic E-state index is 12.1. The van der Waals surface area contributed by atoms with E-state index < -0.39 is 18.0 Å². The minimum absolute atomic E-state index is 0.0288. The van der Waals surface area contributed by atoms with Crippen LogP contribution >= 0.6 is 0 Å². The normalized spacial score (nSPS) is 13.6. The molecule has 2 N–H and O–H groups in total. The van der Waals surface area contributed by atoms with Crippen molar-refractivity contribution in [1.82, 2.24) is 0 Å². The molecule has 0 aromatic carbocycles. The molecule has 1 atom stereocenters. The van der Waals surface area contributed by atoms with E-state index >= 15 is 0 Å². The number of hydrogen-bond acceptors (Lipinski definition) is 3. The maximum Gasteiger partial charge on any atom is 0.449 e. The topological polar surface area (TPSA) is 63.0 Å². The first kappa shape index (κ1) is 10.6. The summed E-state index contributed by atoms with van der Waals surface area (Å²) in [4.78, 5) is 0. The molecule has 14 heavy (non-hydrogen) atoms. The Morgan fingerprint density at radius 1 is 1.50 bits per heavy atom. The number of hydrogen-bond donors (Lipinski definition) is 1. The third-order valence-corrected chi connectivity index (χ3v) is 1.58. The molecule has 0 unspecified atom stereocenters. The van der Waals surface area contributed by atoms with Gasteiger partial charge in [0.1, 0.15) is 5.76 Å². The fourth-order valence-corrected chi connectivity index (χ4v) is 0.903. The van der Waals surface area contributed by atoms with Crippen molar-refractivity contribution in [3.8, 4) is 6.07 Å². The van der Waals surface area contributed by atoms with Crippen molar-refractivity contribution in [2.75, 3.05) is 0 Å². The van der Waals surface area contributed by atoms with E-state index in [1.54, 1.807) is 6.07 Å². The van der Waals surface area contributed by atoms with Crippen molar-refractivity contribution >= 4 is 0 Å². The lowest BCUT2D eigenvalue weighted by Crippen LogP contribution is -2.08. The van der Waals surface area contributed by atoms with Crippen LogP contribution in [0.15, 0.2) is 16.5 Å². The Morgan fingerprint density at radius 3 is 2.57 bits per heavy atom. The number of nitrogens with zero attached hydrogens (tertiary/aromatic N) is 1. The van der Waals surface area contributed by atoms with Crippen LogP contribution in [0, 0.1) is 11.3 Å². The molecule has 1 aromatic rings. The summed E-state index contributed by atoms with van der Waals surface area (Å²) < 4.78 is 40.6. The van der Waals surface area contributed by atoms with Crippen LogP contribution in [0.4, 0.5) is 13.2 Å². The van der Waals surface area contributed by atoms with Crippen molar-refractivity contribution in [2.45, 2.75) is 18.6 Å². The van der Waals surface area contributed by atoms with Crippen molar-refractivity contribution < 1.29 is 17.6 Å². The van der Waals surface area contributed by atoms with E-state index in [0.717, 1.165) is 12.1 Å². The Balaban J connectivity index is 2.84. The Bertz CT molecular complexity index is 350. The van der Waals surface area contributed by atoms with E-state index in [0.29, 0.717) is 0 Å². The molecule has 0 radical (unpaired) electrons. The van der Waals surface area contributed by atoms with Crippen LogP contribution < -0.4 is 5.73 Å². The fraction of sp³-hybridized carbons (Fsp3) is 0.375. The summed E-state index contributed by atoms with van der Waals surface area (Å²) in [6, 6.07) is 2.87. The van der Waals surface area contributed by atoms with E-state index in [2.05, 4.69) is 4.42 Å². The minimum Gasteiger partial charge on any atom is -0.455 e. The molecular formula is C8H7F3N2O. The van der Waals surface area contributed by atoms with Crippen LogP contribution in [0.3, 0.4) is 0 Å². The highest BCUT2D eigenvalue weighted by atomic mass is 19.4. The van der Waals surface area contributed by atoms with Crippen LogP contribution in [0.2, 0.25) is 0 Å². The van der Waals surface area contributed by atoms with Gasteiger partial charge in [0.25, 0.3) is 0 Å². The summed E-state index contributed by atoms with van der Waals surface area (Å²) in [5.74, 6) is -1.13. The smallest absolute Gasteiger partial charge is 0.449 e. The molecule has 0 aliphatic heterocycles. The summed E-state index contributed by atoms with van der Waals surface area (Å²) in [6.45, 7) is 0. The molecule has 76 valence electrons. The van der Waals surface area contributed by atoms with Gasteiger partial charge in [-0.25, -0.2) is 0 Å². The Morgan fingerprint density at radius 2 is 2.14 bits per heavy atom. The average Bonchev–Trinajstić information content (AvgIpc) is 2.51. The van der Waals surface area contributed by atoms with Crippen LogP contribution in [-0.2, 0) is 6.18 Å². The maximum absolute atomic E-state index is 12.1. The van der Waals surface area contributed by atoms with E-state index in [1.807, 2.05) is 0 Å². The minimum atomic E-state index is -4.51. The highest BCUT2D eigenvalue weighted by Gasteiger charge is 2.35. The lowest BCUT2D eigenvalue weighted by molar-refractivity contribution is -0.153. The number of rotatable bonds is 2. The van der Waals surface area contributed by atoms with E-state index in [1.165, 1.54) is 0 Å². The van der Waals surface area contributed by atoms with Crippen molar-refractivity contribution in [3.63, 3.8) is 0 Å². The average molecular weight is 204 g/mol. The van der Waals surface area contributed by atoms with Gasteiger partial charge in [-0.05, 0) is 12.1 Å². The van der Waals surface area contributed by atoms with Gasteiger partial charge in [0.2, 0.25) is 5.76 Å². The summed E-state index contributed by atoms with van der Waals surface area (Å²) in [5, 5.41) is 8.27. The molecule has 1 heterocycles. The fourth-order valence-electron chi connectivity index (χ4n) is 0.903. The lowest BCUT2D eigenvalue weighted by atomic mass is 10.2. The molecule has 0 fully saturated rings. The van der Waals surface area contributed by atoms with Gasteiger partial charge >= 0.3 is 6.18 Å². The summed E-state index contributed by atoms with van der Waals surface area (Å²) in [6.07, 6.45) is -4.59. The molecule has 1 rings (SSSR count). The largest absolute Gasteiger partial charge is 0.455 e. The lowest BCUT2D eigenvalue weighted by Gasteiger charge is -2.04. The van der Waals surface area contributed by atoms with Crippen molar-refractivity contribution in [2.24, 2.45) is 5.73 Å². The highest BCUT2D eigenvalue weighted by molar-refractivity contribution is 5.13. The summed E-state index contributed by atoms with van der Waals surface area (Å²) >= 11 is 0. The van der Waals surface area contributed by atoms with Gasteiger partial charge in [-0.15, -0.1) is 0 Å². The van der Waals surface area contributed by atoms with Crippen LogP contribution in [-0.4, -0.2) is 0 Å². The second-order valence-corrected chi connectivity index (χ2v) is 2.67. The van der Waals surface area contributed by atoms with E-state index in [-0.39, 0.29) is 12.2 Å². The first-order valence-corrected chi connectivity index (χ1v) is 3.74. The number of furan rings is 1. The van der Waals surface area contributed by atoms with Gasteiger partial charge in [-0.1, -0.05) is 0 Å². The monoisotopic (exact) mass is 204 g/mol. The van der Waals surface area contributed by atoms with Crippen LogP contribution in [0.1, 0.15) is 24.0 Å². The van der Waals surface area contributed by atoms with Gasteiger partial charge in [0.05, 0.1) is 18.5 Å². The standard InChI is InChI=1S/C8H7F3N2O/c9-8(10,11)7-2-1-6(14-7)5(13)3-4-12/h1-2,5H,3,13H2/t5-/m0/s1. The van der Waals surface area contributed by atoms with E-state index in [9.17, 15) is 13.2 Å². The summed E-state index contributed by atoms with van der Waals surface area (Å²) in [5.41, 5.74) is 5.38. The van der Waals surface area contributed by atoms with Crippen molar-refractivity contribution in [3.05, 3.63) is 23.7 Å². The molecule has 6 heteroatoms. The molecule has 0 aliphatic carbocycles. The second-order valence-electron chi connectivity index (χ2n) is 2.67. The van der Waals surface area contributed by atoms with Gasteiger partial charge in [-0.3, -0.25) is 0 Å². The number of nitrogens with two attached hydrogens (primary N) is 1.